The van der Waals surface area contributed by atoms with Crippen LogP contribution < -0.4 is 14.8 Å². The van der Waals surface area contributed by atoms with Crippen molar-refractivity contribution in [3.8, 4) is 11.5 Å². The summed E-state index contributed by atoms with van der Waals surface area (Å²) < 4.78 is 10.9. The molecule has 0 aromatic heterocycles. The fourth-order valence-electron chi connectivity index (χ4n) is 1.76. The van der Waals surface area contributed by atoms with Gasteiger partial charge in [-0.05, 0) is 36.4 Å². The van der Waals surface area contributed by atoms with E-state index in [1.165, 1.54) is 0 Å². The van der Waals surface area contributed by atoms with Crippen molar-refractivity contribution in [1.29, 1.82) is 0 Å². The predicted molar refractivity (Wildman–Crippen MR) is 86.5 cm³/mol. The first-order chi connectivity index (χ1) is 10.7. The number of carbonyl (C=O) groups is 1. The topological polar surface area (TPSA) is 47.6 Å². The van der Waals surface area contributed by atoms with Gasteiger partial charge in [0.2, 0.25) is 5.91 Å². The van der Waals surface area contributed by atoms with Gasteiger partial charge in [-0.2, -0.15) is 0 Å². The molecule has 22 heavy (non-hydrogen) atoms. The van der Waals surface area contributed by atoms with Crippen molar-refractivity contribution in [3.05, 3.63) is 59.6 Å². The van der Waals surface area contributed by atoms with Crippen molar-refractivity contribution in [2.24, 2.45) is 0 Å². The monoisotopic (exact) mass is 319 g/mol. The third kappa shape index (κ3) is 6.06. The minimum absolute atomic E-state index is 0.0596. The Balaban J connectivity index is 1.55. The SMILES string of the molecule is O=C(CCOc1ccccc1)NCCOc1ccc(Cl)cc1. The molecule has 4 nitrogen and oxygen atoms in total. The summed E-state index contributed by atoms with van der Waals surface area (Å²) in [6, 6.07) is 16.5. The van der Waals surface area contributed by atoms with Crippen LogP contribution in [0.3, 0.4) is 0 Å². The molecule has 1 N–H and O–H groups in total. The smallest absolute Gasteiger partial charge is 0.223 e. The zero-order valence-corrected chi connectivity index (χ0v) is 12.9. The van der Waals surface area contributed by atoms with Crippen LogP contribution in [0.2, 0.25) is 5.02 Å². The van der Waals surface area contributed by atoms with E-state index in [2.05, 4.69) is 5.32 Å². The standard InChI is InChI=1S/C17H18ClNO3/c18-14-6-8-16(9-7-14)22-13-11-19-17(20)10-12-21-15-4-2-1-3-5-15/h1-9H,10-13H2,(H,19,20). The molecular weight excluding hydrogens is 302 g/mol. The van der Waals surface area contributed by atoms with E-state index in [0.717, 1.165) is 11.5 Å². The highest BCUT2D eigenvalue weighted by Crippen LogP contribution is 2.15. The molecule has 0 aliphatic carbocycles. The second-order valence-electron chi connectivity index (χ2n) is 4.56. The summed E-state index contributed by atoms with van der Waals surface area (Å²) in [6.07, 6.45) is 0.315. The second kappa shape index (κ2) is 8.95. The number of ether oxygens (including phenoxy) is 2. The lowest BCUT2D eigenvalue weighted by Gasteiger charge is -2.08. The van der Waals surface area contributed by atoms with E-state index in [9.17, 15) is 4.79 Å². The quantitative estimate of drug-likeness (QED) is 0.759. The lowest BCUT2D eigenvalue weighted by Crippen LogP contribution is -2.29. The maximum absolute atomic E-state index is 11.6. The van der Waals surface area contributed by atoms with E-state index >= 15 is 0 Å². The molecule has 0 aliphatic heterocycles. The zero-order valence-electron chi connectivity index (χ0n) is 12.1. The van der Waals surface area contributed by atoms with E-state index in [1.54, 1.807) is 24.3 Å². The van der Waals surface area contributed by atoms with E-state index < -0.39 is 0 Å². The van der Waals surface area contributed by atoms with Crippen LogP contribution >= 0.6 is 11.6 Å². The first kappa shape index (κ1) is 16.2. The van der Waals surface area contributed by atoms with Crippen molar-refractivity contribution in [2.75, 3.05) is 19.8 Å². The Morgan fingerprint density at radius 2 is 1.55 bits per heavy atom. The number of hydrogen-bond acceptors (Lipinski definition) is 3. The van der Waals surface area contributed by atoms with E-state index in [-0.39, 0.29) is 5.91 Å². The molecule has 0 saturated heterocycles. The minimum atomic E-state index is -0.0596. The number of carbonyl (C=O) groups excluding carboxylic acids is 1. The molecule has 0 bridgehead atoms. The lowest BCUT2D eigenvalue weighted by atomic mass is 10.3. The van der Waals surface area contributed by atoms with Gasteiger partial charge in [-0.15, -0.1) is 0 Å². The highest BCUT2D eigenvalue weighted by molar-refractivity contribution is 6.30. The predicted octanol–water partition coefficient (Wildman–Crippen LogP) is 3.30. The number of hydrogen-bond donors (Lipinski definition) is 1. The molecule has 1 amide bonds. The second-order valence-corrected chi connectivity index (χ2v) is 5.00. The van der Waals surface area contributed by atoms with Gasteiger partial charge in [0.05, 0.1) is 19.6 Å². The van der Waals surface area contributed by atoms with E-state index in [4.69, 9.17) is 21.1 Å². The van der Waals surface area contributed by atoms with Crippen molar-refractivity contribution in [1.82, 2.24) is 5.32 Å². The Kier molecular flexibility index (Phi) is 6.58. The van der Waals surface area contributed by atoms with Gasteiger partial charge in [0.1, 0.15) is 18.1 Å². The molecule has 0 radical (unpaired) electrons. The van der Waals surface area contributed by atoms with Crippen molar-refractivity contribution in [3.63, 3.8) is 0 Å². The molecule has 2 rings (SSSR count). The molecule has 0 saturated carbocycles. The van der Waals surface area contributed by atoms with Crippen LogP contribution in [0, 0.1) is 0 Å². The van der Waals surface area contributed by atoms with Crippen LogP contribution in [0.1, 0.15) is 6.42 Å². The summed E-state index contributed by atoms with van der Waals surface area (Å²) in [5.74, 6) is 1.43. The number of rotatable bonds is 8. The van der Waals surface area contributed by atoms with Crippen LogP contribution in [-0.2, 0) is 4.79 Å². The van der Waals surface area contributed by atoms with Gasteiger partial charge in [-0.25, -0.2) is 0 Å². The molecule has 0 unspecified atom stereocenters. The average molecular weight is 320 g/mol. The first-order valence-electron chi connectivity index (χ1n) is 7.07. The van der Waals surface area contributed by atoms with E-state index in [1.807, 2.05) is 30.3 Å². The Hall–Kier alpha value is -2.20. The normalized spacial score (nSPS) is 10.0. The summed E-state index contributed by atoms with van der Waals surface area (Å²) in [6.45, 7) is 1.22. The Morgan fingerprint density at radius 3 is 2.27 bits per heavy atom. The molecule has 2 aromatic carbocycles. The van der Waals surface area contributed by atoms with Gasteiger partial charge < -0.3 is 14.8 Å². The summed E-state index contributed by atoms with van der Waals surface area (Å²) in [5.41, 5.74) is 0. The molecule has 2 aromatic rings. The van der Waals surface area contributed by atoms with Crippen LogP contribution in [0.15, 0.2) is 54.6 Å². The molecular formula is C17H18ClNO3. The summed E-state index contributed by atoms with van der Waals surface area (Å²) in [7, 11) is 0. The minimum Gasteiger partial charge on any atom is -0.493 e. The highest BCUT2D eigenvalue weighted by atomic mass is 35.5. The lowest BCUT2D eigenvalue weighted by molar-refractivity contribution is -0.121. The number of halogens is 1. The summed E-state index contributed by atoms with van der Waals surface area (Å²) >= 11 is 5.78. The molecule has 5 heteroatoms. The number of benzene rings is 2. The fourth-order valence-corrected chi connectivity index (χ4v) is 1.88. The van der Waals surface area contributed by atoms with Gasteiger partial charge >= 0.3 is 0 Å². The van der Waals surface area contributed by atoms with E-state index in [0.29, 0.717) is 31.2 Å². The summed E-state index contributed by atoms with van der Waals surface area (Å²) in [5, 5.41) is 3.45. The maximum Gasteiger partial charge on any atom is 0.223 e. The third-order valence-electron chi connectivity index (χ3n) is 2.85. The Labute approximate surface area is 135 Å². The van der Waals surface area contributed by atoms with Gasteiger partial charge in [0.15, 0.2) is 0 Å². The van der Waals surface area contributed by atoms with Gasteiger partial charge in [-0.1, -0.05) is 29.8 Å². The van der Waals surface area contributed by atoms with Crippen LogP contribution in [-0.4, -0.2) is 25.7 Å². The molecule has 116 valence electrons. The molecule has 0 spiro atoms. The summed E-state index contributed by atoms with van der Waals surface area (Å²) in [4.78, 5) is 11.6. The Bertz CT molecular complexity index is 572. The third-order valence-corrected chi connectivity index (χ3v) is 3.10. The number of para-hydroxylation sites is 1. The molecule has 0 atom stereocenters. The van der Waals surface area contributed by atoms with Crippen LogP contribution in [0.4, 0.5) is 0 Å². The van der Waals surface area contributed by atoms with Crippen LogP contribution in [0.5, 0.6) is 11.5 Å². The van der Waals surface area contributed by atoms with Crippen molar-refractivity contribution < 1.29 is 14.3 Å². The highest BCUT2D eigenvalue weighted by Gasteiger charge is 2.01. The first-order valence-corrected chi connectivity index (χ1v) is 7.45. The number of amides is 1. The largest absolute Gasteiger partial charge is 0.493 e. The van der Waals surface area contributed by atoms with Crippen LogP contribution in [0.25, 0.3) is 0 Å². The number of nitrogens with one attached hydrogen (secondary N) is 1. The maximum atomic E-state index is 11.6. The molecule has 0 aliphatic rings. The van der Waals surface area contributed by atoms with Crippen molar-refractivity contribution in [2.45, 2.75) is 6.42 Å². The zero-order chi connectivity index (χ0) is 15.6. The van der Waals surface area contributed by atoms with Gasteiger partial charge in [-0.3, -0.25) is 4.79 Å². The fraction of sp³-hybridized carbons (Fsp3) is 0.235. The molecule has 0 heterocycles. The van der Waals surface area contributed by atoms with Crippen molar-refractivity contribution >= 4 is 17.5 Å². The molecule has 0 fully saturated rings. The average Bonchev–Trinajstić information content (AvgIpc) is 2.54. The van der Waals surface area contributed by atoms with Gasteiger partial charge in [0, 0.05) is 5.02 Å². The van der Waals surface area contributed by atoms with Gasteiger partial charge in [0.25, 0.3) is 0 Å². The Morgan fingerprint density at radius 1 is 0.909 bits per heavy atom.